The van der Waals surface area contributed by atoms with Gasteiger partial charge in [-0.3, -0.25) is 0 Å². The summed E-state index contributed by atoms with van der Waals surface area (Å²) in [6, 6.07) is 5.93. The van der Waals surface area contributed by atoms with Gasteiger partial charge in [-0.05, 0) is 24.6 Å². The lowest BCUT2D eigenvalue weighted by Gasteiger charge is -2.13. The number of phenols is 1. The predicted octanol–water partition coefficient (Wildman–Crippen LogP) is 2.54. The fourth-order valence-electron chi connectivity index (χ4n) is 1.52. The number of thiazole rings is 1. The molecule has 1 aromatic heterocycles. The number of nitrogens with one attached hydrogen (secondary N) is 1. The number of hydrogen-bond donors (Lipinski definition) is 2. The lowest BCUT2D eigenvalue weighted by molar-refractivity contribution is 0.473. The highest BCUT2D eigenvalue weighted by Crippen LogP contribution is 2.25. The molecule has 8 heteroatoms. The topological polar surface area (TPSA) is 79.3 Å². The average Bonchev–Trinajstić information content (AvgIpc) is 2.76. The van der Waals surface area contributed by atoms with Crippen LogP contribution in [0.5, 0.6) is 5.75 Å². The highest BCUT2D eigenvalue weighted by molar-refractivity contribution is 7.91. The molecule has 2 rings (SSSR count). The van der Waals surface area contributed by atoms with Gasteiger partial charge in [-0.1, -0.05) is 35.1 Å². The molecule has 0 amide bonds. The lowest BCUT2D eigenvalue weighted by Crippen LogP contribution is -2.26. The molecule has 2 aromatic rings. The summed E-state index contributed by atoms with van der Waals surface area (Å²) >= 11 is 6.51. The number of sulfonamides is 1. The van der Waals surface area contributed by atoms with Gasteiger partial charge < -0.3 is 5.11 Å². The Morgan fingerprint density at radius 1 is 1.47 bits per heavy atom. The maximum Gasteiger partial charge on any atom is 0.252 e. The second-order valence-corrected chi connectivity index (χ2v) is 7.42. The number of halogens is 1. The van der Waals surface area contributed by atoms with Crippen molar-refractivity contribution in [2.75, 3.05) is 0 Å². The van der Waals surface area contributed by atoms with E-state index in [1.807, 2.05) is 0 Å². The molecule has 0 saturated heterocycles. The molecule has 102 valence electrons. The van der Waals surface area contributed by atoms with Crippen molar-refractivity contribution < 1.29 is 13.5 Å². The lowest BCUT2D eigenvalue weighted by atomic mass is 10.1. The molecule has 1 atom stereocenters. The number of aromatic nitrogens is 1. The van der Waals surface area contributed by atoms with Gasteiger partial charge in [0.05, 0.1) is 6.20 Å². The Morgan fingerprint density at radius 2 is 2.21 bits per heavy atom. The Morgan fingerprint density at radius 3 is 2.79 bits per heavy atom. The van der Waals surface area contributed by atoms with E-state index in [4.69, 9.17) is 11.6 Å². The fraction of sp³-hybridized carbons (Fsp3) is 0.182. The van der Waals surface area contributed by atoms with E-state index in [0.717, 1.165) is 11.3 Å². The quantitative estimate of drug-likeness (QED) is 0.908. The van der Waals surface area contributed by atoms with Gasteiger partial charge >= 0.3 is 0 Å². The molecule has 0 spiro atoms. The second kappa shape index (κ2) is 5.46. The zero-order valence-electron chi connectivity index (χ0n) is 9.87. The van der Waals surface area contributed by atoms with E-state index in [-0.39, 0.29) is 14.4 Å². The number of phenolic OH excluding ortho intramolecular Hbond substituents is 1. The molecule has 1 aromatic carbocycles. The number of aromatic hydroxyl groups is 1. The summed E-state index contributed by atoms with van der Waals surface area (Å²) in [6.45, 7) is 1.69. The summed E-state index contributed by atoms with van der Waals surface area (Å²) in [4.78, 5) is 3.70. The summed E-state index contributed by atoms with van der Waals surface area (Å²) in [5, 5.41) is 9.38. The number of benzene rings is 1. The maximum absolute atomic E-state index is 12.1. The number of nitrogens with zero attached hydrogens (tertiary/aromatic N) is 1. The van der Waals surface area contributed by atoms with E-state index in [0.29, 0.717) is 5.56 Å². The Hall–Kier alpha value is -1.15. The van der Waals surface area contributed by atoms with Gasteiger partial charge in [0, 0.05) is 6.04 Å². The molecular weight excluding hydrogens is 308 g/mol. The van der Waals surface area contributed by atoms with E-state index in [2.05, 4.69) is 9.71 Å². The summed E-state index contributed by atoms with van der Waals surface area (Å²) < 4.78 is 26.8. The van der Waals surface area contributed by atoms with E-state index in [9.17, 15) is 13.5 Å². The van der Waals surface area contributed by atoms with Crippen molar-refractivity contribution >= 4 is 33.0 Å². The van der Waals surface area contributed by atoms with Crippen LogP contribution in [-0.2, 0) is 10.0 Å². The van der Waals surface area contributed by atoms with Gasteiger partial charge in [0.1, 0.15) is 5.75 Å². The third-order valence-corrected chi connectivity index (χ3v) is 5.54. The molecule has 1 heterocycles. The monoisotopic (exact) mass is 318 g/mol. The van der Waals surface area contributed by atoms with Crippen molar-refractivity contribution in [1.82, 2.24) is 9.71 Å². The van der Waals surface area contributed by atoms with Crippen LogP contribution in [0.4, 0.5) is 0 Å². The first-order valence-electron chi connectivity index (χ1n) is 5.31. The maximum atomic E-state index is 12.1. The van der Waals surface area contributed by atoms with Gasteiger partial charge in [0.2, 0.25) is 0 Å². The van der Waals surface area contributed by atoms with Gasteiger partial charge in [-0.15, -0.1) is 0 Å². The first-order valence-corrected chi connectivity index (χ1v) is 7.99. The van der Waals surface area contributed by atoms with E-state index in [1.165, 1.54) is 18.3 Å². The Balaban J connectivity index is 2.21. The van der Waals surface area contributed by atoms with Gasteiger partial charge in [0.25, 0.3) is 10.0 Å². The molecule has 5 nitrogen and oxygen atoms in total. The summed E-state index contributed by atoms with van der Waals surface area (Å²) in [5.41, 5.74) is 0.666. The SMILES string of the molecule is CC(NS(=O)(=O)c1cnc(Cl)s1)c1cccc(O)c1. The highest BCUT2D eigenvalue weighted by atomic mass is 35.5. The zero-order chi connectivity index (χ0) is 14.0. The second-order valence-electron chi connectivity index (χ2n) is 3.87. The minimum absolute atomic E-state index is 0.0597. The van der Waals surface area contributed by atoms with Crippen LogP contribution in [0.3, 0.4) is 0 Å². The fourth-order valence-corrected chi connectivity index (χ4v) is 4.06. The smallest absolute Gasteiger partial charge is 0.252 e. The molecule has 1 unspecified atom stereocenters. The van der Waals surface area contributed by atoms with Crippen LogP contribution in [-0.4, -0.2) is 18.5 Å². The normalized spacial score (nSPS) is 13.4. The molecular formula is C11H11ClN2O3S2. The van der Waals surface area contributed by atoms with Crippen molar-refractivity contribution in [3.8, 4) is 5.75 Å². The molecule has 0 aliphatic rings. The van der Waals surface area contributed by atoms with Crippen molar-refractivity contribution in [2.45, 2.75) is 17.2 Å². The largest absolute Gasteiger partial charge is 0.508 e. The molecule has 0 saturated carbocycles. The van der Waals surface area contributed by atoms with E-state index < -0.39 is 16.1 Å². The van der Waals surface area contributed by atoms with Crippen LogP contribution in [0.25, 0.3) is 0 Å². The average molecular weight is 319 g/mol. The molecule has 0 fully saturated rings. The minimum atomic E-state index is -3.66. The Labute approximate surface area is 119 Å². The van der Waals surface area contributed by atoms with E-state index in [1.54, 1.807) is 19.1 Å². The van der Waals surface area contributed by atoms with Crippen molar-refractivity contribution in [3.63, 3.8) is 0 Å². The molecule has 0 bridgehead atoms. The minimum Gasteiger partial charge on any atom is -0.508 e. The van der Waals surface area contributed by atoms with Crippen molar-refractivity contribution in [3.05, 3.63) is 40.5 Å². The molecule has 2 N–H and O–H groups in total. The zero-order valence-corrected chi connectivity index (χ0v) is 12.3. The summed E-state index contributed by atoms with van der Waals surface area (Å²) in [6.07, 6.45) is 1.21. The summed E-state index contributed by atoms with van der Waals surface area (Å²) in [5.74, 6) is 0.0874. The third kappa shape index (κ3) is 3.44. The van der Waals surface area contributed by atoms with Crippen LogP contribution in [0.1, 0.15) is 18.5 Å². The Kier molecular flexibility index (Phi) is 4.10. The van der Waals surface area contributed by atoms with Gasteiger partial charge in [0.15, 0.2) is 8.68 Å². The highest BCUT2D eigenvalue weighted by Gasteiger charge is 2.21. The van der Waals surface area contributed by atoms with Crippen LogP contribution >= 0.6 is 22.9 Å². The van der Waals surface area contributed by atoms with Crippen LogP contribution in [0.2, 0.25) is 4.47 Å². The molecule has 19 heavy (non-hydrogen) atoms. The van der Waals surface area contributed by atoms with Crippen molar-refractivity contribution in [2.24, 2.45) is 0 Å². The van der Waals surface area contributed by atoms with Crippen molar-refractivity contribution in [1.29, 1.82) is 0 Å². The summed E-state index contributed by atoms with van der Waals surface area (Å²) in [7, 11) is -3.66. The van der Waals surface area contributed by atoms with Gasteiger partial charge in [-0.25, -0.2) is 18.1 Å². The first kappa shape index (κ1) is 14.3. The number of rotatable bonds is 4. The predicted molar refractivity (Wildman–Crippen MR) is 74.0 cm³/mol. The van der Waals surface area contributed by atoms with Crippen LogP contribution in [0.15, 0.2) is 34.7 Å². The van der Waals surface area contributed by atoms with Crippen LogP contribution < -0.4 is 4.72 Å². The molecule has 0 aliphatic carbocycles. The van der Waals surface area contributed by atoms with Crippen LogP contribution in [0, 0.1) is 0 Å². The first-order chi connectivity index (χ1) is 8.88. The molecule has 0 aliphatic heterocycles. The standard InChI is InChI=1S/C11H11ClN2O3S2/c1-7(8-3-2-4-9(15)5-8)14-19(16,17)10-6-13-11(12)18-10/h2-7,14-15H,1H3. The van der Waals surface area contributed by atoms with Gasteiger partial charge in [-0.2, -0.15) is 0 Å². The Bertz CT molecular complexity index is 685. The number of hydrogen-bond acceptors (Lipinski definition) is 5. The van der Waals surface area contributed by atoms with E-state index >= 15 is 0 Å². The third-order valence-electron chi connectivity index (χ3n) is 2.42. The molecule has 0 radical (unpaired) electrons.